The minimum absolute atomic E-state index is 0.138. The molecule has 0 aliphatic heterocycles. The van der Waals surface area contributed by atoms with Gasteiger partial charge in [0.25, 0.3) is 0 Å². The second-order valence-corrected chi connectivity index (χ2v) is 4.31. The Balaban J connectivity index is 2.72. The van der Waals surface area contributed by atoms with Crippen molar-refractivity contribution in [3.8, 4) is 0 Å². The number of rotatable bonds is 3. The Labute approximate surface area is 90.6 Å². The monoisotopic (exact) mass is 259 g/mol. The van der Waals surface area contributed by atoms with Gasteiger partial charge in [0.1, 0.15) is 6.67 Å². The van der Waals surface area contributed by atoms with E-state index in [1.807, 2.05) is 0 Å². The standard InChI is InChI=1S/C10H11BrFNO/c1-7(11)10(14)13-9-4-2-3-8(5-9)6-12/h2-5,7H,6H2,1H3,(H,13,14)/t7-/m1/s1. The summed E-state index contributed by atoms with van der Waals surface area (Å²) in [6, 6.07) is 6.73. The van der Waals surface area contributed by atoms with Gasteiger partial charge in [0, 0.05) is 5.69 Å². The van der Waals surface area contributed by atoms with Gasteiger partial charge in [-0.3, -0.25) is 4.79 Å². The van der Waals surface area contributed by atoms with Crippen LogP contribution in [-0.4, -0.2) is 10.7 Å². The van der Waals surface area contributed by atoms with Crippen LogP contribution in [0, 0.1) is 0 Å². The van der Waals surface area contributed by atoms with Crippen molar-refractivity contribution in [1.82, 2.24) is 0 Å². The smallest absolute Gasteiger partial charge is 0.237 e. The van der Waals surface area contributed by atoms with Crippen LogP contribution in [0.2, 0.25) is 0 Å². The van der Waals surface area contributed by atoms with Crippen molar-refractivity contribution in [3.05, 3.63) is 29.8 Å². The molecule has 0 unspecified atom stereocenters. The number of hydrogen-bond acceptors (Lipinski definition) is 1. The van der Waals surface area contributed by atoms with Crippen molar-refractivity contribution in [2.24, 2.45) is 0 Å². The molecule has 0 saturated carbocycles. The molecule has 2 nitrogen and oxygen atoms in total. The third-order valence-corrected chi connectivity index (χ3v) is 2.13. The average molecular weight is 260 g/mol. The summed E-state index contributed by atoms with van der Waals surface area (Å²) in [5.41, 5.74) is 1.18. The molecule has 1 aromatic rings. The Bertz CT molecular complexity index is 328. The molecule has 1 N–H and O–H groups in total. The molecule has 0 aliphatic carbocycles. The summed E-state index contributed by atoms with van der Waals surface area (Å²) in [4.78, 5) is 11.0. The molecule has 0 fully saturated rings. The fourth-order valence-corrected chi connectivity index (χ4v) is 1.09. The summed E-state index contributed by atoms with van der Waals surface area (Å²) in [7, 11) is 0. The molecule has 0 bridgehead atoms. The van der Waals surface area contributed by atoms with Crippen molar-refractivity contribution in [3.63, 3.8) is 0 Å². The molecule has 0 radical (unpaired) electrons. The quantitative estimate of drug-likeness (QED) is 0.832. The molecular weight excluding hydrogens is 249 g/mol. The second kappa shape index (κ2) is 5.10. The maximum atomic E-state index is 12.3. The molecule has 4 heteroatoms. The summed E-state index contributed by atoms with van der Waals surface area (Å²) in [5, 5.41) is 2.66. The van der Waals surface area contributed by atoms with Crippen molar-refractivity contribution < 1.29 is 9.18 Å². The van der Waals surface area contributed by atoms with Crippen LogP contribution >= 0.6 is 15.9 Å². The van der Waals surface area contributed by atoms with Crippen molar-refractivity contribution in [1.29, 1.82) is 0 Å². The number of hydrogen-bond donors (Lipinski definition) is 1. The van der Waals surface area contributed by atoms with Gasteiger partial charge in [0.2, 0.25) is 5.91 Å². The third-order valence-electron chi connectivity index (χ3n) is 1.71. The summed E-state index contributed by atoms with van der Waals surface area (Å²) in [6.45, 7) is 1.21. The number of carbonyl (C=O) groups excluding carboxylic acids is 1. The first kappa shape index (κ1) is 11.2. The highest BCUT2D eigenvalue weighted by molar-refractivity contribution is 9.10. The van der Waals surface area contributed by atoms with Crippen molar-refractivity contribution >= 4 is 27.5 Å². The van der Waals surface area contributed by atoms with Crippen molar-refractivity contribution in [2.75, 3.05) is 5.32 Å². The fraction of sp³-hybridized carbons (Fsp3) is 0.300. The van der Waals surface area contributed by atoms with Gasteiger partial charge in [-0.05, 0) is 24.6 Å². The Kier molecular flexibility index (Phi) is 4.07. The summed E-state index contributed by atoms with van der Waals surface area (Å²) in [6.07, 6.45) is 0. The van der Waals surface area contributed by atoms with Crippen LogP contribution in [0.15, 0.2) is 24.3 Å². The summed E-state index contributed by atoms with van der Waals surface area (Å²) < 4.78 is 12.3. The predicted octanol–water partition coefficient (Wildman–Crippen LogP) is 2.88. The lowest BCUT2D eigenvalue weighted by Crippen LogP contribution is -2.19. The number of anilines is 1. The largest absolute Gasteiger partial charge is 0.325 e. The van der Waals surface area contributed by atoms with Gasteiger partial charge in [-0.1, -0.05) is 28.1 Å². The molecule has 1 aromatic carbocycles. The van der Waals surface area contributed by atoms with Crippen LogP contribution in [-0.2, 0) is 11.5 Å². The maximum absolute atomic E-state index is 12.3. The number of amides is 1. The first-order chi connectivity index (χ1) is 6.63. The zero-order valence-electron chi connectivity index (χ0n) is 7.76. The van der Waals surface area contributed by atoms with Crippen LogP contribution in [0.4, 0.5) is 10.1 Å². The van der Waals surface area contributed by atoms with Gasteiger partial charge in [-0.2, -0.15) is 0 Å². The summed E-state index contributed by atoms with van der Waals surface area (Å²) >= 11 is 3.15. The number of halogens is 2. The number of benzene rings is 1. The fourth-order valence-electron chi connectivity index (χ4n) is 0.974. The van der Waals surface area contributed by atoms with E-state index in [1.165, 1.54) is 0 Å². The van der Waals surface area contributed by atoms with E-state index in [9.17, 15) is 9.18 Å². The van der Waals surface area contributed by atoms with Crippen LogP contribution in [0.3, 0.4) is 0 Å². The lowest BCUT2D eigenvalue weighted by molar-refractivity contribution is -0.115. The molecule has 0 spiro atoms. The first-order valence-corrected chi connectivity index (χ1v) is 5.15. The van der Waals surface area contributed by atoms with Gasteiger partial charge >= 0.3 is 0 Å². The Morgan fingerprint density at radius 3 is 2.93 bits per heavy atom. The molecular formula is C10H11BrFNO. The van der Waals surface area contributed by atoms with Gasteiger partial charge in [-0.15, -0.1) is 0 Å². The van der Waals surface area contributed by atoms with E-state index >= 15 is 0 Å². The summed E-state index contributed by atoms with van der Waals surface area (Å²) in [5.74, 6) is -0.138. The predicted molar refractivity (Wildman–Crippen MR) is 58.3 cm³/mol. The molecule has 0 aromatic heterocycles. The topological polar surface area (TPSA) is 29.1 Å². The van der Waals surface area contributed by atoms with E-state index in [0.29, 0.717) is 11.3 Å². The molecule has 0 saturated heterocycles. The lowest BCUT2D eigenvalue weighted by atomic mass is 10.2. The highest BCUT2D eigenvalue weighted by Gasteiger charge is 2.08. The highest BCUT2D eigenvalue weighted by atomic mass is 79.9. The van der Waals surface area contributed by atoms with E-state index in [0.717, 1.165) is 0 Å². The SMILES string of the molecule is C[C@@H](Br)C(=O)Nc1cccc(CF)c1. The van der Waals surface area contributed by atoms with Gasteiger partial charge in [-0.25, -0.2) is 4.39 Å². The Hall–Kier alpha value is -0.900. The average Bonchev–Trinajstić information content (AvgIpc) is 2.18. The number of carbonyl (C=O) groups is 1. The number of nitrogens with one attached hydrogen (secondary N) is 1. The molecule has 1 atom stereocenters. The van der Waals surface area contributed by atoms with Gasteiger partial charge in [0.05, 0.1) is 4.83 Å². The normalized spacial score (nSPS) is 12.2. The van der Waals surface area contributed by atoms with E-state index < -0.39 is 6.67 Å². The zero-order valence-corrected chi connectivity index (χ0v) is 9.34. The first-order valence-electron chi connectivity index (χ1n) is 4.23. The second-order valence-electron chi connectivity index (χ2n) is 2.94. The minimum atomic E-state index is -0.520. The van der Waals surface area contributed by atoms with Crippen LogP contribution in [0.5, 0.6) is 0 Å². The van der Waals surface area contributed by atoms with E-state index in [2.05, 4.69) is 21.2 Å². The Morgan fingerprint density at radius 2 is 2.36 bits per heavy atom. The van der Waals surface area contributed by atoms with Crippen LogP contribution in [0.1, 0.15) is 12.5 Å². The lowest BCUT2D eigenvalue weighted by Gasteiger charge is -2.07. The van der Waals surface area contributed by atoms with E-state index in [4.69, 9.17) is 0 Å². The van der Waals surface area contributed by atoms with Gasteiger partial charge in [0.15, 0.2) is 0 Å². The van der Waals surface area contributed by atoms with Crippen LogP contribution < -0.4 is 5.32 Å². The van der Waals surface area contributed by atoms with E-state index in [-0.39, 0.29) is 10.7 Å². The maximum Gasteiger partial charge on any atom is 0.237 e. The Morgan fingerprint density at radius 1 is 1.64 bits per heavy atom. The number of alkyl halides is 2. The van der Waals surface area contributed by atoms with Crippen LogP contribution in [0.25, 0.3) is 0 Å². The molecule has 0 aliphatic rings. The highest BCUT2D eigenvalue weighted by Crippen LogP contribution is 2.12. The zero-order chi connectivity index (χ0) is 10.6. The molecule has 1 amide bonds. The minimum Gasteiger partial charge on any atom is -0.325 e. The van der Waals surface area contributed by atoms with Gasteiger partial charge < -0.3 is 5.32 Å². The van der Waals surface area contributed by atoms with Crippen molar-refractivity contribution in [2.45, 2.75) is 18.4 Å². The molecule has 0 heterocycles. The molecule has 76 valence electrons. The van der Waals surface area contributed by atoms with E-state index in [1.54, 1.807) is 31.2 Å². The third kappa shape index (κ3) is 3.10. The molecule has 1 rings (SSSR count). The molecule has 14 heavy (non-hydrogen) atoms.